The van der Waals surface area contributed by atoms with Gasteiger partial charge in [0.05, 0.1) is 11.4 Å². The number of fused-ring (bicyclic) bond motifs is 1. The van der Waals surface area contributed by atoms with E-state index in [-0.39, 0.29) is 23.2 Å². The maximum atomic E-state index is 12.7. The standard InChI is InChI=1S/C20H20N4O4S/c1-13-3-5-15(6-4-13)20-22-19(28-23-20)12-21-29(26,27)17-7-8-18-16(11-17)9-10-24(18)14(2)25/h3-8,11,21H,9-10,12H2,1-2H3. The molecular weight excluding hydrogens is 392 g/mol. The fourth-order valence-electron chi connectivity index (χ4n) is 3.26. The van der Waals surface area contributed by atoms with Gasteiger partial charge in [0.25, 0.3) is 0 Å². The molecule has 0 saturated heterocycles. The molecule has 0 spiro atoms. The number of anilines is 1. The quantitative estimate of drug-likeness (QED) is 0.690. The lowest BCUT2D eigenvalue weighted by molar-refractivity contribution is -0.116. The molecule has 0 bridgehead atoms. The number of hydrogen-bond donors (Lipinski definition) is 1. The van der Waals surface area contributed by atoms with Gasteiger partial charge in [-0.3, -0.25) is 4.79 Å². The van der Waals surface area contributed by atoms with E-state index in [0.717, 1.165) is 22.4 Å². The van der Waals surface area contributed by atoms with Crippen LogP contribution in [0, 0.1) is 6.92 Å². The molecule has 1 amide bonds. The van der Waals surface area contributed by atoms with Crippen LogP contribution in [0.5, 0.6) is 0 Å². The van der Waals surface area contributed by atoms with Gasteiger partial charge >= 0.3 is 0 Å². The van der Waals surface area contributed by atoms with Gasteiger partial charge in [0.15, 0.2) is 0 Å². The van der Waals surface area contributed by atoms with Crippen molar-refractivity contribution in [3.8, 4) is 11.4 Å². The highest BCUT2D eigenvalue weighted by molar-refractivity contribution is 7.89. The van der Waals surface area contributed by atoms with E-state index >= 15 is 0 Å². The third kappa shape index (κ3) is 3.92. The van der Waals surface area contributed by atoms with Crippen LogP contribution in [0.25, 0.3) is 11.4 Å². The lowest BCUT2D eigenvalue weighted by atomic mass is 10.1. The number of sulfonamides is 1. The number of nitrogens with zero attached hydrogens (tertiary/aromatic N) is 3. The molecule has 1 aliphatic rings. The van der Waals surface area contributed by atoms with Crippen LogP contribution in [0.1, 0.15) is 23.9 Å². The summed E-state index contributed by atoms with van der Waals surface area (Å²) in [7, 11) is -3.76. The van der Waals surface area contributed by atoms with Gasteiger partial charge in [0, 0.05) is 24.7 Å². The van der Waals surface area contributed by atoms with Crippen molar-refractivity contribution in [2.75, 3.05) is 11.4 Å². The summed E-state index contributed by atoms with van der Waals surface area (Å²) in [6, 6.07) is 12.4. The Morgan fingerprint density at radius 3 is 2.69 bits per heavy atom. The summed E-state index contributed by atoms with van der Waals surface area (Å²) >= 11 is 0. The fraction of sp³-hybridized carbons (Fsp3) is 0.250. The highest BCUT2D eigenvalue weighted by Gasteiger charge is 2.25. The largest absolute Gasteiger partial charge is 0.338 e. The number of aromatic nitrogens is 2. The summed E-state index contributed by atoms with van der Waals surface area (Å²) in [5.41, 5.74) is 3.51. The van der Waals surface area contributed by atoms with Crippen LogP contribution in [-0.2, 0) is 27.8 Å². The molecule has 1 aliphatic heterocycles. The van der Waals surface area contributed by atoms with Gasteiger partial charge in [-0.1, -0.05) is 35.0 Å². The van der Waals surface area contributed by atoms with Crippen LogP contribution in [0.4, 0.5) is 5.69 Å². The lowest BCUT2D eigenvalue weighted by Gasteiger charge is -2.14. The van der Waals surface area contributed by atoms with Crippen LogP contribution in [0.3, 0.4) is 0 Å². The topological polar surface area (TPSA) is 105 Å². The zero-order valence-electron chi connectivity index (χ0n) is 16.0. The molecule has 9 heteroatoms. The van der Waals surface area contributed by atoms with Crippen molar-refractivity contribution in [3.05, 3.63) is 59.5 Å². The number of hydrogen-bond acceptors (Lipinski definition) is 6. The molecule has 2 aromatic carbocycles. The number of carbonyl (C=O) groups excluding carboxylic acids is 1. The molecule has 2 heterocycles. The smallest absolute Gasteiger partial charge is 0.242 e. The number of rotatable bonds is 5. The Balaban J connectivity index is 1.47. The highest BCUT2D eigenvalue weighted by atomic mass is 32.2. The van der Waals surface area contributed by atoms with Crippen molar-refractivity contribution >= 4 is 21.6 Å². The van der Waals surface area contributed by atoms with Gasteiger partial charge < -0.3 is 9.42 Å². The van der Waals surface area contributed by atoms with Crippen molar-refractivity contribution in [1.29, 1.82) is 0 Å². The molecular formula is C20H20N4O4S. The van der Waals surface area contributed by atoms with E-state index in [4.69, 9.17) is 4.52 Å². The molecule has 1 aromatic heterocycles. The van der Waals surface area contributed by atoms with Gasteiger partial charge in [0.1, 0.15) is 0 Å². The maximum absolute atomic E-state index is 12.7. The average molecular weight is 412 g/mol. The molecule has 0 aliphatic carbocycles. The van der Waals surface area contributed by atoms with Crippen molar-refractivity contribution in [2.24, 2.45) is 0 Å². The molecule has 8 nitrogen and oxygen atoms in total. The van der Waals surface area contributed by atoms with Crippen LogP contribution in [0.15, 0.2) is 51.9 Å². The predicted octanol–water partition coefficient (Wildman–Crippen LogP) is 2.43. The second-order valence-corrected chi connectivity index (χ2v) is 8.68. The third-order valence-corrected chi connectivity index (χ3v) is 6.23. The number of nitrogens with one attached hydrogen (secondary N) is 1. The zero-order valence-corrected chi connectivity index (χ0v) is 16.9. The first kappa shape index (κ1) is 19.3. The van der Waals surface area contributed by atoms with Crippen LogP contribution >= 0.6 is 0 Å². The van der Waals surface area contributed by atoms with Crippen molar-refractivity contribution < 1.29 is 17.7 Å². The Bertz CT molecular complexity index is 1170. The van der Waals surface area contributed by atoms with Gasteiger partial charge in [-0.2, -0.15) is 4.98 Å². The molecule has 4 rings (SSSR count). The average Bonchev–Trinajstić information content (AvgIpc) is 3.33. The number of aryl methyl sites for hydroxylation is 1. The summed E-state index contributed by atoms with van der Waals surface area (Å²) in [5.74, 6) is 0.521. The minimum Gasteiger partial charge on any atom is -0.338 e. The van der Waals surface area contributed by atoms with Gasteiger partial charge in [-0.25, -0.2) is 13.1 Å². The van der Waals surface area contributed by atoms with Gasteiger partial charge in [-0.05, 0) is 37.1 Å². The molecule has 3 aromatic rings. The Morgan fingerprint density at radius 2 is 1.97 bits per heavy atom. The van der Waals surface area contributed by atoms with E-state index in [9.17, 15) is 13.2 Å². The normalized spacial score (nSPS) is 13.5. The Morgan fingerprint density at radius 1 is 1.21 bits per heavy atom. The van der Waals surface area contributed by atoms with E-state index in [1.54, 1.807) is 17.0 Å². The predicted molar refractivity (Wildman–Crippen MR) is 107 cm³/mol. The Hall–Kier alpha value is -3.04. The van der Waals surface area contributed by atoms with Gasteiger partial charge in [0.2, 0.25) is 27.6 Å². The molecule has 0 fully saturated rings. The third-order valence-electron chi connectivity index (χ3n) is 4.83. The fourth-order valence-corrected chi connectivity index (χ4v) is 4.28. The number of amides is 1. The minimum absolute atomic E-state index is 0.0572. The summed E-state index contributed by atoms with van der Waals surface area (Å²) in [5, 5.41) is 3.90. The Kier molecular flexibility index (Phi) is 4.93. The van der Waals surface area contributed by atoms with Crippen LogP contribution in [0.2, 0.25) is 0 Å². The highest BCUT2D eigenvalue weighted by Crippen LogP contribution is 2.30. The SMILES string of the molecule is CC(=O)N1CCc2cc(S(=O)(=O)NCc3nc(-c4ccc(C)cc4)no3)ccc21. The molecule has 1 N–H and O–H groups in total. The maximum Gasteiger partial charge on any atom is 0.242 e. The molecule has 0 unspecified atom stereocenters. The second kappa shape index (κ2) is 7.41. The zero-order chi connectivity index (χ0) is 20.6. The summed E-state index contributed by atoms with van der Waals surface area (Å²) in [6.07, 6.45) is 0.627. The monoisotopic (exact) mass is 412 g/mol. The number of carbonyl (C=O) groups is 1. The van der Waals surface area contributed by atoms with E-state index in [1.807, 2.05) is 31.2 Å². The van der Waals surface area contributed by atoms with E-state index < -0.39 is 10.0 Å². The van der Waals surface area contributed by atoms with Crippen LogP contribution in [-0.4, -0.2) is 31.0 Å². The van der Waals surface area contributed by atoms with E-state index in [2.05, 4.69) is 14.9 Å². The van der Waals surface area contributed by atoms with Crippen molar-refractivity contribution in [2.45, 2.75) is 31.7 Å². The minimum atomic E-state index is -3.76. The Labute approximate surface area is 168 Å². The van der Waals surface area contributed by atoms with Crippen molar-refractivity contribution in [1.82, 2.24) is 14.9 Å². The van der Waals surface area contributed by atoms with E-state index in [1.165, 1.54) is 13.0 Å². The van der Waals surface area contributed by atoms with Gasteiger partial charge in [-0.15, -0.1) is 0 Å². The van der Waals surface area contributed by atoms with Crippen LogP contribution < -0.4 is 9.62 Å². The first-order valence-electron chi connectivity index (χ1n) is 9.14. The molecule has 29 heavy (non-hydrogen) atoms. The first-order valence-corrected chi connectivity index (χ1v) is 10.6. The molecule has 0 radical (unpaired) electrons. The van der Waals surface area contributed by atoms with Crippen molar-refractivity contribution in [3.63, 3.8) is 0 Å². The molecule has 0 atom stereocenters. The molecule has 150 valence electrons. The first-order chi connectivity index (χ1) is 13.8. The summed E-state index contributed by atoms with van der Waals surface area (Å²) < 4.78 is 33.0. The lowest BCUT2D eigenvalue weighted by Crippen LogP contribution is -2.26. The summed E-state index contributed by atoms with van der Waals surface area (Å²) in [6.45, 7) is 3.93. The summed E-state index contributed by atoms with van der Waals surface area (Å²) in [4.78, 5) is 17.7. The number of benzene rings is 2. The second-order valence-electron chi connectivity index (χ2n) is 6.91. The van der Waals surface area contributed by atoms with E-state index in [0.29, 0.717) is 18.8 Å². The molecule has 0 saturated carbocycles.